The summed E-state index contributed by atoms with van der Waals surface area (Å²) in [7, 11) is 0. The Morgan fingerprint density at radius 3 is 2.64 bits per heavy atom. The zero-order valence-electron chi connectivity index (χ0n) is 17.2. The molecule has 1 heterocycles. The fourth-order valence-corrected chi connectivity index (χ4v) is 3.80. The number of benzene rings is 1. The molecule has 0 amide bonds. The van der Waals surface area contributed by atoms with Gasteiger partial charge in [-0.25, -0.2) is 9.97 Å². The van der Waals surface area contributed by atoms with Crippen molar-refractivity contribution in [3.8, 4) is 17.1 Å². The Morgan fingerprint density at radius 2 is 1.89 bits per heavy atom. The summed E-state index contributed by atoms with van der Waals surface area (Å²) in [4.78, 5) is 21.3. The molecule has 1 aliphatic carbocycles. The molecule has 28 heavy (non-hydrogen) atoms. The van der Waals surface area contributed by atoms with Gasteiger partial charge in [0.2, 0.25) is 0 Å². The normalized spacial score (nSPS) is 15.9. The Labute approximate surface area is 168 Å². The summed E-state index contributed by atoms with van der Waals surface area (Å²) in [5, 5.41) is 0. The van der Waals surface area contributed by atoms with Crippen LogP contribution in [0.2, 0.25) is 0 Å². The average molecular weight is 381 g/mol. The lowest BCUT2D eigenvalue weighted by Gasteiger charge is -2.22. The number of fused-ring (bicyclic) bond motifs is 1. The highest BCUT2D eigenvalue weighted by atomic mass is 16.5. The summed E-state index contributed by atoms with van der Waals surface area (Å²) in [6.45, 7) is 4.45. The highest BCUT2D eigenvalue weighted by Crippen LogP contribution is 2.28. The highest BCUT2D eigenvalue weighted by Gasteiger charge is 2.19. The summed E-state index contributed by atoms with van der Waals surface area (Å²) in [5.74, 6) is 1.95. The quantitative estimate of drug-likeness (QED) is 0.308. The zero-order chi connectivity index (χ0) is 19.8. The first kappa shape index (κ1) is 20.5. The van der Waals surface area contributed by atoms with Crippen molar-refractivity contribution in [1.29, 1.82) is 0 Å². The monoisotopic (exact) mass is 380 g/mol. The average Bonchev–Trinajstić information content (AvgIpc) is 2.73. The van der Waals surface area contributed by atoms with Gasteiger partial charge in [0.05, 0.1) is 0 Å². The van der Waals surface area contributed by atoms with E-state index in [2.05, 4.69) is 18.8 Å². The Kier molecular flexibility index (Phi) is 7.58. The minimum Gasteiger partial charge on any atom is -0.427 e. The lowest BCUT2D eigenvalue weighted by Crippen LogP contribution is -2.15. The molecule has 0 saturated carbocycles. The third-order valence-corrected chi connectivity index (χ3v) is 5.66. The zero-order valence-corrected chi connectivity index (χ0v) is 17.2. The molecule has 1 aliphatic rings. The highest BCUT2D eigenvalue weighted by molar-refractivity contribution is 5.72. The molecule has 0 spiro atoms. The minimum absolute atomic E-state index is 0.153. The number of carbonyl (C=O) groups excluding carboxylic acids is 1. The van der Waals surface area contributed by atoms with Gasteiger partial charge in [0.25, 0.3) is 0 Å². The molecule has 4 nitrogen and oxygen atoms in total. The number of rotatable bonds is 9. The molecule has 1 unspecified atom stereocenters. The standard InChI is InChI=1S/C24H32N2O2/c1-3-5-6-7-8-9-23(27)28-21-13-11-19(12-14-21)24-25-17-20-16-18(4-2)10-15-22(20)26-24/h11-14,17-18H,3-10,15-16H2,1-2H3. The molecule has 2 aromatic rings. The van der Waals surface area contributed by atoms with Crippen LogP contribution in [0.4, 0.5) is 0 Å². The smallest absolute Gasteiger partial charge is 0.311 e. The van der Waals surface area contributed by atoms with Crippen LogP contribution < -0.4 is 4.74 Å². The van der Waals surface area contributed by atoms with Crippen LogP contribution in [-0.2, 0) is 17.6 Å². The van der Waals surface area contributed by atoms with E-state index in [9.17, 15) is 4.79 Å². The summed E-state index contributed by atoms with van der Waals surface area (Å²) >= 11 is 0. The van der Waals surface area contributed by atoms with Gasteiger partial charge in [0.15, 0.2) is 5.82 Å². The molecule has 1 atom stereocenters. The van der Waals surface area contributed by atoms with E-state index >= 15 is 0 Å². The van der Waals surface area contributed by atoms with Crippen molar-refractivity contribution in [3.63, 3.8) is 0 Å². The van der Waals surface area contributed by atoms with Crippen molar-refractivity contribution in [2.24, 2.45) is 5.92 Å². The second-order valence-corrected chi connectivity index (χ2v) is 7.85. The van der Waals surface area contributed by atoms with E-state index in [4.69, 9.17) is 9.72 Å². The number of aryl methyl sites for hydroxylation is 1. The van der Waals surface area contributed by atoms with Crippen molar-refractivity contribution in [2.75, 3.05) is 0 Å². The molecule has 1 aromatic heterocycles. The Morgan fingerprint density at radius 1 is 1.11 bits per heavy atom. The maximum absolute atomic E-state index is 12.0. The van der Waals surface area contributed by atoms with Crippen molar-refractivity contribution in [1.82, 2.24) is 9.97 Å². The van der Waals surface area contributed by atoms with E-state index in [0.717, 1.165) is 43.0 Å². The molecular formula is C24H32N2O2. The lowest BCUT2D eigenvalue weighted by molar-refractivity contribution is -0.134. The van der Waals surface area contributed by atoms with Crippen LogP contribution in [-0.4, -0.2) is 15.9 Å². The van der Waals surface area contributed by atoms with Gasteiger partial charge in [-0.15, -0.1) is 0 Å². The number of nitrogens with zero attached hydrogens (tertiary/aromatic N) is 2. The summed E-state index contributed by atoms with van der Waals surface area (Å²) in [5.41, 5.74) is 3.44. The van der Waals surface area contributed by atoms with Crippen molar-refractivity contribution in [3.05, 3.63) is 41.7 Å². The molecule has 150 valence electrons. The van der Waals surface area contributed by atoms with E-state index < -0.39 is 0 Å². The summed E-state index contributed by atoms with van der Waals surface area (Å²) in [6.07, 6.45) is 12.7. The van der Waals surface area contributed by atoms with Crippen molar-refractivity contribution < 1.29 is 9.53 Å². The molecule has 0 bridgehead atoms. The van der Waals surface area contributed by atoms with Gasteiger partial charge in [-0.05, 0) is 61.4 Å². The van der Waals surface area contributed by atoms with Crippen LogP contribution >= 0.6 is 0 Å². The fraction of sp³-hybridized carbons (Fsp3) is 0.542. The molecule has 0 fully saturated rings. The van der Waals surface area contributed by atoms with Gasteiger partial charge in [-0.1, -0.05) is 46.0 Å². The van der Waals surface area contributed by atoms with Crippen LogP contribution in [0.5, 0.6) is 5.75 Å². The number of ether oxygens (including phenoxy) is 1. The van der Waals surface area contributed by atoms with E-state index in [1.54, 1.807) is 0 Å². The number of esters is 1. The van der Waals surface area contributed by atoms with E-state index in [1.807, 2.05) is 30.5 Å². The Balaban J connectivity index is 1.55. The lowest BCUT2D eigenvalue weighted by atomic mass is 9.86. The molecular weight excluding hydrogens is 348 g/mol. The third kappa shape index (κ3) is 5.63. The van der Waals surface area contributed by atoms with E-state index in [1.165, 1.54) is 43.4 Å². The fourth-order valence-electron chi connectivity index (χ4n) is 3.80. The first-order chi connectivity index (χ1) is 13.7. The third-order valence-electron chi connectivity index (χ3n) is 5.66. The second-order valence-electron chi connectivity index (χ2n) is 7.85. The largest absolute Gasteiger partial charge is 0.427 e. The number of carbonyl (C=O) groups is 1. The molecule has 0 aliphatic heterocycles. The molecule has 4 heteroatoms. The maximum Gasteiger partial charge on any atom is 0.311 e. The van der Waals surface area contributed by atoms with Crippen molar-refractivity contribution in [2.45, 2.75) is 78.1 Å². The Hall–Kier alpha value is -2.23. The molecule has 0 saturated heterocycles. The summed E-state index contributed by atoms with van der Waals surface area (Å²) in [6, 6.07) is 7.53. The Bertz CT molecular complexity index is 771. The van der Waals surface area contributed by atoms with Gasteiger partial charge in [-0.2, -0.15) is 0 Å². The SMILES string of the molecule is CCCCCCCC(=O)Oc1ccc(-c2ncc3c(n2)CCC(CC)C3)cc1. The van der Waals surface area contributed by atoms with Crippen molar-refractivity contribution >= 4 is 5.97 Å². The van der Waals surface area contributed by atoms with Crippen LogP contribution in [0.25, 0.3) is 11.4 Å². The van der Waals surface area contributed by atoms with Crippen LogP contribution in [0.1, 0.15) is 76.5 Å². The molecule has 0 radical (unpaired) electrons. The molecule has 0 N–H and O–H groups in total. The number of aromatic nitrogens is 2. The number of unbranched alkanes of at least 4 members (excludes halogenated alkanes) is 4. The predicted octanol–water partition coefficient (Wildman–Crippen LogP) is 5.92. The van der Waals surface area contributed by atoms with Crippen LogP contribution in [0, 0.1) is 5.92 Å². The van der Waals surface area contributed by atoms with Gasteiger partial charge < -0.3 is 4.74 Å². The second kappa shape index (κ2) is 10.4. The molecule has 1 aromatic carbocycles. The van der Waals surface area contributed by atoms with Gasteiger partial charge >= 0.3 is 5.97 Å². The topological polar surface area (TPSA) is 52.1 Å². The minimum atomic E-state index is -0.153. The van der Waals surface area contributed by atoms with Gasteiger partial charge in [0.1, 0.15) is 5.75 Å². The van der Waals surface area contributed by atoms with E-state index in [0.29, 0.717) is 12.2 Å². The van der Waals surface area contributed by atoms with Gasteiger partial charge in [-0.3, -0.25) is 4.79 Å². The first-order valence-electron chi connectivity index (χ1n) is 10.9. The number of hydrogen-bond donors (Lipinski definition) is 0. The first-order valence-corrected chi connectivity index (χ1v) is 10.9. The van der Waals surface area contributed by atoms with E-state index in [-0.39, 0.29) is 5.97 Å². The maximum atomic E-state index is 12.0. The molecule has 3 rings (SSSR count). The van der Waals surface area contributed by atoms with Gasteiger partial charge in [0, 0.05) is 23.9 Å². The summed E-state index contributed by atoms with van der Waals surface area (Å²) < 4.78 is 5.45. The van der Waals surface area contributed by atoms with Crippen LogP contribution in [0.3, 0.4) is 0 Å². The number of hydrogen-bond acceptors (Lipinski definition) is 4. The predicted molar refractivity (Wildman–Crippen MR) is 112 cm³/mol. The van der Waals surface area contributed by atoms with Crippen LogP contribution in [0.15, 0.2) is 30.5 Å².